The molecule has 0 heterocycles. The number of ether oxygens (including phenoxy) is 1. The molecule has 0 saturated heterocycles. The van der Waals surface area contributed by atoms with Gasteiger partial charge in [-0.25, -0.2) is 13.1 Å². The summed E-state index contributed by atoms with van der Waals surface area (Å²) in [5, 5.41) is 0. The molecule has 0 radical (unpaired) electrons. The Morgan fingerprint density at radius 1 is 1.04 bits per heavy atom. The van der Waals surface area contributed by atoms with Crippen molar-refractivity contribution in [3.05, 3.63) is 59.2 Å². The maximum Gasteiger partial charge on any atom is 0.241 e. The number of nitrogens with one attached hydrogen (secondary N) is 1. The van der Waals surface area contributed by atoms with Gasteiger partial charge in [-0.15, -0.1) is 0 Å². The van der Waals surface area contributed by atoms with Crippen LogP contribution in [-0.4, -0.2) is 21.6 Å². The van der Waals surface area contributed by atoms with Crippen molar-refractivity contribution in [2.75, 3.05) is 13.2 Å². The summed E-state index contributed by atoms with van der Waals surface area (Å²) in [6, 6.07) is 13.4. The third-order valence-electron chi connectivity index (χ3n) is 4.12. The average molecular weight is 362 g/mol. The summed E-state index contributed by atoms with van der Waals surface area (Å²) in [5.74, 6) is 1.02. The Labute approximate surface area is 151 Å². The fourth-order valence-electron chi connectivity index (χ4n) is 2.91. The Morgan fingerprint density at radius 2 is 1.64 bits per heavy atom. The molecular weight excluding hydrogens is 334 g/mol. The molecule has 2 aromatic rings. The lowest BCUT2D eigenvalue weighted by Gasteiger charge is -2.16. The van der Waals surface area contributed by atoms with Crippen molar-refractivity contribution in [3.63, 3.8) is 0 Å². The van der Waals surface area contributed by atoms with Gasteiger partial charge in [0.25, 0.3) is 0 Å². The smallest absolute Gasteiger partial charge is 0.241 e. The van der Waals surface area contributed by atoms with Gasteiger partial charge in [-0.3, -0.25) is 0 Å². The molecule has 0 aliphatic carbocycles. The van der Waals surface area contributed by atoms with E-state index in [0.717, 1.165) is 28.9 Å². The molecule has 136 valence electrons. The fourth-order valence-corrected chi connectivity index (χ4v) is 4.53. The van der Waals surface area contributed by atoms with Crippen molar-refractivity contribution >= 4 is 10.0 Å². The van der Waals surface area contributed by atoms with Gasteiger partial charge in [-0.2, -0.15) is 0 Å². The molecule has 0 bridgehead atoms. The number of benzene rings is 2. The van der Waals surface area contributed by atoms with E-state index in [-0.39, 0.29) is 5.92 Å². The van der Waals surface area contributed by atoms with Crippen LogP contribution in [0.1, 0.15) is 30.0 Å². The van der Waals surface area contributed by atoms with Gasteiger partial charge in [-0.1, -0.05) is 42.8 Å². The van der Waals surface area contributed by atoms with Crippen LogP contribution in [0.2, 0.25) is 0 Å². The minimum absolute atomic E-state index is 0.185. The van der Waals surface area contributed by atoms with E-state index in [0.29, 0.717) is 18.0 Å². The molecule has 2 rings (SSSR count). The van der Waals surface area contributed by atoms with Crippen molar-refractivity contribution in [2.24, 2.45) is 5.92 Å². The summed E-state index contributed by atoms with van der Waals surface area (Å²) in [7, 11) is -3.50. The van der Waals surface area contributed by atoms with E-state index >= 15 is 0 Å². The van der Waals surface area contributed by atoms with E-state index in [2.05, 4.69) is 4.72 Å². The van der Waals surface area contributed by atoms with E-state index < -0.39 is 10.0 Å². The molecule has 1 atom stereocenters. The van der Waals surface area contributed by atoms with Crippen molar-refractivity contribution in [2.45, 2.75) is 39.0 Å². The van der Waals surface area contributed by atoms with E-state index in [1.807, 2.05) is 70.2 Å². The third-order valence-corrected chi connectivity index (χ3v) is 5.85. The molecule has 0 aromatic heterocycles. The minimum atomic E-state index is -3.50. The summed E-state index contributed by atoms with van der Waals surface area (Å²) in [6.07, 6.45) is 0.781. The number of sulfonamides is 1. The molecule has 25 heavy (non-hydrogen) atoms. The Balaban J connectivity index is 1.89. The quantitative estimate of drug-likeness (QED) is 0.773. The van der Waals surface area contributed by atoms with Crippen LogP contribution in [0.4, 0.5) is 0 Å². The number of hydrogen-bond donors (Lipinski definition) is 1. The second-order valence-electron chi connectivity index (χ2n) is 6.64. The number of aryl methyl sites for hydroxylation is 3. The highest BCUT2D eigenvalue weighted by Gasteiger charge is 2.20. The molecule has 0 amide bonds. The Hall–Kier alpha value is -1.85. The van der Waals surface area contributed by atoms with E-state index in [1.54, 1.807) is 0 Å². The predicted octanol–water partition coefficient (Wildman–Crippen LogP) is 4.00. The third kappa shape index (κ3) is 5.58. The van der Waals surface area contributed by atoms with Crippen LogP contribution in [-0.2, 0) is 10.0 Å². The zero-order valence-electron chi connectivity index (χ0n) is 15.4. The lowest BCUT2D eigenvalue weighted by atomic mass is 10.1. The van der Waals surface area contributed by atoms with Gasteiger partial charge in [0.2, 0.25) is 10.0 Å². The molecule has 5 heteroatoms. The second kappa shape index (κ2) is 8.50. The summed E-state index contributed by atoms with van der Waals surface area (Å²) < 4.78 is 33.7. The lowest BCUT2D eigenvalue weighted by Crippen LogP contribution is -2.30. The summed E-state index contributed by atoms with van der Waals surface area (Å²) >= 11 is 0. The van der Waals surface area contributed by atoms with Crippen molar-refractivity contribution in [1.29, 1.82) is 0 Å². The maximum absolute atomic E-state index is 12.6. The molecule has 0 fully saturated rings. The van der Waals surface area contributed by atoms with Gasteiger partial charge in [0.05, 0.1) is 11.5 Å². The molecule has 4 nitrogen and oxygen atoms in total. The average Bonchev–Trinajstić information content (AvgIpc) is 2.53. The molecule has 0 spiro atoms. The fraction of sp³-hybridized carbons (Fsp3) is 0.400. The second-order valence-corrected chi connectivity index (χ2v) is 8.34. The van der Waals surface area contributed by atoms with Crippen LogP contribution < -0.4 is 9.46 Å². The summed E-state index contributed by atoms with van der Waals surface area (Å²) in [4.78, 5) is 0.394. The van der Waals surface area contributed by atoms with Gasteiger partial charge < -0.3 is 4.74 Å². The molecule has 2 aromatic carbocycles. The van der Waals surface area contributed by atoms with Gasteiger partial charge in [0.15, 0.2) is 0 Å². The Kier molecular flexibility index (Phi) is 6.62. The standard InChI is InChI=1S/C20H27NO3S/c1-15(10-11-24-19-8-6-5-7-9-19)14-21-25(22,23)20-17(3)12-16(2)13-18(20)4/h5-9,12-13,15,21H,10-11,14H2,1-4H3. The van der Waals surface area contributed by atoms with Crippen LogP contribution in [0.5, 0.6) is 5.75 Å². The highest BCUT2D eigenvalue weighted by molar-refractivity contribution is 7.89. The van der Waals surface area contributed by atoms with Crippen molar-refractivity contribution < 1.29 is 13.2 Å². The van der Waals surface area contributed by atoms with E-state index in [4.69, 9.17) is 4.74 Å². The van der Waals surface area contributed by atoms with E-state index in [1.165, 1.54) is 0 Å². The highest BCUT2D eigenvalue weighted by atomic mass is 32.2. The van der Waals surface area contributed by atoms with Crippen LogP contribution in [0.25, 0.3) is 0 Å². The first kappa shape index (κ1) is 19.5. The Bertz CT molecular complexity index is 778. The van der Waals surface area contributed by atoms with Crippen molar-refractivity contribution in [3.8, 4) is 5.75 Å². The number of rotatable bonds is 8. The molecule has 0 saturated carbocycles. The number of para-hydroxylation sites is 1. The maximum atomic E-state index is 12.6. The largest absolute Gasteiger partial charge is 0.494 e. The van der Waals surface area contributed by atoms with Gasteiger partial charge in [0, 0.05) is 6.54 Å². The lowest BCUT2D eigenvalue weighted by molar-refractivity contribution is 0.284. The topological polar surface area (TPSA) is 55.4 Å². The highest BCUT2D eigenvalue weighted by Crippen LogP contribution is 2.21. The Morgan fingerprint density at radius 3 is 2.24 bits per heavy atom. The van der Waals surface area contributed by atoms with Gasteiger partial charge in [-0.05, 0) is 56.4 Å². The molecular formula is C20H27NO3S. The normalized spacial score (nSPS) is 12.8. The first-order chi connectivity index (χ1) is 11.8. The molecule has 1 unspecified atom stereocenters. The van der Waals surface area contributed by atoms with Crippen LogP contribution >= 0.6 is 0 Å². The summed E-state index contributed by atoms with van der Waals surface area (Å²) in [5.41, 5.74) is 2.63. The first-order valence-corrected chi connectivity index (χ1v) is 10.0. The molecule has 0 aliphatic rings. The number of hydrogen-bond acceptors (Lipinski definition) is 3. The zero-order valence-corrected chi connectivity index (χ0v) is 16.2. The van der Waals surface area contributed by atoms with Gasteiger partial charge in [0.1, 0.15) is 5.75 Å². The minimum Gasteiger partial charge on any atom is -0.494 e. The van der Waals surface area contributed by atoms with Crippen LogP contribution in [0, 0.1) is 26.7 Å². The summed E-state index contributed by atoms with van der Waals surface area (Å²) in [6.45, 7) is 8.63. The van der Waals surface area contributed by atoms with Crippen LogP contribution in [0.15, 0.2) is 47.4 Å². The predicted molar refractivity (Wildman–Crippen MR) is 102 cm³/mol. The zero-order chi connectivity index (χ0) is 18.4. The molecule has 1 N–H and O–H groups in total. The first-order valence-electron chi connectivity index (χ1n) is 8.55. The van der Waals surface area contributed by atoms with E-state index in [9.17, 15) is 8.42 Å². The van der Waals surface area contributed by atoms with Crippen molar-refractivity contribution in [1.82, 2.24) is 4.72 Å². The van der Waals surface area contributed by atoms with Crippen LogP contribution in [0.3, 0.4) is 0 Å². The SMILES string of the molecule is Cc1cc(C)c(S(=O)(=O)NCC(C)CCOc2ccccc2)c(C)c1. The monoisotopic (exact) mass is 361 g/mol. The molecule has 0 aliphatic heterocycles. The van der Waals surface area contributed by atoms with Gasteiger partial charge >= 0.3 is 0 Å².